The Labute approximate surface area is 109 Å². The predicted octanol–water partition coefficient (Wildman–Crippen LogP) is 1.24. The Bertz CT molecular complexity index is 389. The lowest BCUT2D eigenvalue weighted by atomic mass is 9.98. The van der Waals surface area contributed by atoms with Crippen molar-refractivity contribution in [1.29, 1.82) is 0 Å². The van der Waals surface area contributed by atoms with Crippen molar-refractivity contribution in [3.63, 3.8) is 0 Å². The zero-order valence-corrected chi connectivity index (χ0v) is 11.3. The van der Waals surface area contributed by atoms with Gasteiger partial charge in [-0.3, -0.25) is 0 Å². The van der Waals surface area contributed by atoms with Gasteiger partial charge < -0.3 is 20.1 Å². The maximum atomic E-state index is 9.36. The first-order valence-electron chi connectivity index (χ1n) is 6.31. The SMILES string of the molecule is COc1ccc(N2CC(CO)NC(C)(C)C2)cc1. The van der Waals surface area contributed by atoms with E-state index in [0.717, 1.165) is 18.8 Å². The molecule has 100 valence electrons. The number of hydrogen-bond acceptors (Lipinski definition) is 4. The van der Waals surface area contributed by atoms with Crippen molar-refractivity contribution >= 4 is 5.69 Å². The Balaban J connectivity index is 2.15. The molecule has 1 unspecified atom stereocenters. The summed E-state index contributed by atoms with van der Waals surface area (Å²) in [6.07, 6.45) is 0. The van der Waals surface area contributed by atoms with Crippen LogP contribution in [0.2, 0.25) is 0 Å². The van der Waals surface area contributed by atoms with E-state index in [2.05, 4.69) is 36.2 Å². The van der Waals surface area contributed by atoms with Crippen molar-refractivity contribution in [2.45, 2.75) is 25.4 Å². The normalized spacial score (nSPS) is 22.9. The third kappa shape index (κ3) is 2.94. The largest absolute Gasteiger partial charge is 0.497 e. The van der Waals surface area contributed by atoms with Crippen LogP contribution in [-0.4, -0.2) is 43.5 Å². The second kappa shape index (κ2) is 5.16. The first-order valence-corrected chi connectivity index (χ1v) is 6.31. The zero-order valence-electron chi connectivity index (χ0n) is 11.3. The van der Waals surface area contributed by atoms with Gasteiger partial charge in [-0.15, -0.1) is 0 Å². The Morgan fingerprint density at radius 1 is 1.39 bits per heavy atom. The van der Waals surface area contributed by atoms with E-state index >= 15 is 0 Å². The van der Waals surface area contributed by atoms with Crippen molar-refractivity contribution in [2.24, 2.45) is 0 Å². The van der Waals surface area contributed by atoms with Crippen molar-refractivity contribution in [3.8, 4) is 5.75 Å². The molecule has 1 aromatic carbocycles. The maximum absolute atomic E-state index is 9.36. The summed E-state index contributed by atoms with van der Waals surface area (Å²) in [7, 11) is 1.67. The van der Waals surface area contributed by atoms with Crippen molar-refractivity contribution in [3.05, 3.63) is 24.3 Å². The lowest BCUT2D eigenvalue weighted by molar-refractivity contribution is 0.191. The van der Waals surface area contributed by atoms with Crippen molar-refractivity contribution in [2.75, 3.05) is 31.7 Å². The molecule has 0 spiro atoms. The number of piperazine rings is 1. The highest BCUT2D eigenvalue weighted by molar-refractivity contribution is 5.50. The van der Waals surface area contributed by atoms with Crippen LogP contribution in [-0.2, 0) is 0 Å². The molecule has 0 bridgehead atoms. The van der Waals surface area contributed by atoms with E-state index < -0.39 is 0 Å². The minimum Gasteiger partial charge on any atom is -0.497 e. The highest BCUT2D eigenvalue weighted by Crippen LogP contribution is 2.24. The third-order valence-corrected chi connectivity index (χ3v) is 3.28. The Kier molecular flexibility index (Phi) is 3.78. The molecule has 0 radical (unpaired) electrons. The van der Waals surface area contributed by atoms with Crippen molar-refractivity contribution in [1.82, 2.24) is 5.32 Å². The molecule has 0 aliphatic carbocycles. The second-order valence-electron chi connectivity index (χ2n) is 5.49. The summed E-state index contributed by atoms with van der Waals surface area (Å²) in [6, 6.07) is 8.19. The lowest BCUT2D eigenvalue weighted by Gasteiger charge is -2.44. The number of ether oxygens (including phenoxy) is 1. The fraction of sp³-hybridized carbons (Fsp3) is 0.571. The zero-order chi connectivity index (χ0) is 13.2. The molecule has 1 aromatic rings. The molecule has 1 saturated heterocycles. The van der Waals surface area contributed by atoms with Crippen LogP contribution in [0, 0.1) is 0 Å². The molecule has 0 aromatic heterocycles. The fourth-order valence-electron chi connectivity index (χ4n) is 2.54. The van der Waals surface area contributed by atoms with Gasteiger partial charge in [0.25, 0.3) is 0 Å². The Hall–Kier alpha value is -1.26. The average molecular weight is 250 g/mol. The van der Waals surface area contributed by atoms with Crippen LogP contribution in [0.25, 0.3) is 0 Å². The molecule has 2 N–H and O–H groups in total. The van der Waals surface area contributed by atoms with Crippen LogP contribution in [0.15, 0.2) is 24.3 Å². The standard InChI is InChI=1S/C14H22N2O2/c1-14(2)10-16(8-11(9-17)15-14)12-4-6-13(18-3)7-5-12/h4-7,11,15,17H,8-10H2,1-3H3. The van der Waals surface area contributed by atoms with Gasteiger partial charge in [0.15, 0.2) is 0 Å². The first kappa shape index (κ1) is 13.2. The van der Waals surface area contributed by atoms with E-state index in [9.17, 15) is 5.11 Å². The number of methoxy groups -OCH3 is 1. The second-order valence-corrected chi connectivity index (χ2v) is 5.49. The number of anilines is 1. The van der Waals surface area contributed by atoms with Gasteiger partial charge in [-0.25, -0.2) is 0 Å². The number of aliphatic hydroxyl groups is 1. The highest BCUT2D eigenvalue weighted by atomic mass is 16.5. The van der Waals surface area contributed by atoms with E-state index in [4.69, 9.17) is 4.74 Å². The van der Waals surface area contributed by atoms with Crippen LogP contribution in [0.4, 0.5) is 5.69 Å². The number of hydrogen-bond donors (Lipinski definition) is 2. The van der Waals surface area contributed by atoms with Crippen LogP contribution in [0.1, 0.15) is 13.8 Å². The topological polar surface area (TPSA) is 44.7 Å². The smallest absolute Gasteiger partial charge is 0.119 e. The van der Waals surface area contributed by atoms with Crippen LogP contribution in [0.5, 0.6) is 5.75 Å². The van der Waals surface area contributed by atoms with Crippen LogP contribution in [0.3, 0.4) is 0 Å². The fourth-order valence-corrected chi connectivity index (χ4v) is 2.54. The average Bonchev–Trinajstić information content (AvgIpc) is 2.37. The molecule has 18 heavy (non-hydrogen) atoms. The third-order valence-electron chi connectivity index (χ3n) is 3.28. The molecule has 1 fully saturated rings. The molecule has 1 heterocycles. The summed E-state index contributed by atoms with van der Waals surface area (Å²) < 4.78 is 5.17. The molecule has 4 heteroatoms. The van der Waals surface area contributed by atoms with Gasteiger partial charge in [0.2, 0.25) is 0 Å². The van der Waals surface area contributed by atoms with E-state index in [0.29, 0.717) is 0 Å². The van der Waals surface area contributed by atoms with Crippen LogP contribution < -0.4 is 15.0 Å². The van der Waals surface area contributed by atoms with Gasteiger partial charge in [-0.1, -0.05) is 0 Å². The van der Waals surface area contributed by atoms with Gasteiger partial charge >= 0.3 is 0 Å². The van der Waals surface area contributed by atoms with Gasteiger partial charge in [-0.2, -0.15) is 0 Å². The molecule has 4 nitrogen and oxygen atoms in total. The number of benzene rings is 1. The summed E-state index contributed by atoms with van der Waals surface area (Å²) in [6.45, 7) is 6.23. The highest BCUT2D eigenvalue weighted by Gasteiger charge is 2.31. The van der Waals surface area contributed by atoms with E-state index in [1.165, 1.54) is 5.69 Å². The summed E-state index contributed by atoms with van der Waals surface area (Å²) in [5.41, 5.74) is 1.18. The Morgan fingerprint density at radius 2 is 2.06 bits per heavy atom. The Morgan fingerprint density at radius 3 is 2.61 bits per heavy atom. The van der Waals surface area contributed by atoms with E-state index in [1.54, 1.807) is 7.11 Å². The molecule has 1 aliphatic heterocycles. The van der Waals surface area contributed by atoms with Crippen molar-refractivity contribution < 1.29 is 9.84 Å². The lowest BCUT2D eigenvalue weighted by Crippen LogP contribution is -2.63. The van der Waals surface area contributed by atoms with Gasteiger partial charge in [-0.05, 0) is 38.1 Å². The molecule has 1 aliphatic rings. The number of nitrogens with one attached hydrogen (secondary N) is 1. The molecule has 2 rings (SSSR count). The molecule has 1 atom stereocenters. The predicted molar refractivity (Wildman–Crippen MR) is 73.3 cm³/mol. The molecular formula is C14H22N2O2. The van der Waals surface area contributed by atoms with Crippen LogP contribution >= 0.6 is 0 Å². The summed E-state index contributed by atoms with van der Waals surface area (Å²) >= 11 is 0. The summed E-state index contributed by atoms with van der Waals surface area (Å²) in [5.74, 6) is 0.867. The quantitative estimate of drug-likeness (QED) is 0.847. The molecule has 0 amide bonds. The minimum absolute atomic E-state index is 0.00553. The van der Waals surface area contributed by atoms with Gasteiger partial charge in [0.1, 0.15) is 5.75 Å². The summed E-state index contributed by atoms with van der Waals surface area (Å²) in [4.78, 5) is 2.30. The van der Waals surface area contributed by atoms with Gasteiger partial charge in [0.05, 0.1) is 13.7 Å². The van der Waals surface area contributed by atoms with E-state index in [-0.39, 0.29) is 18.2 Å². The monoisotopic (exact) mass is 250 g/mol. The number of rotatable bonds is 3. The van der Waals surface area contributed by atoms with E-state index in [1.807, 2.05) is 12.1 Å². The number of nitrogens with zero attached hydrogens (tertiary/aromatic N) is 1. The first-order chi connectivity index (χ1) is 8.54. The minimum atomic E-state index is 0.00553. The van der Waals surface area contributed by atoms with Gasteiger partial charge in [0, 0.05) is 30.4 Å². The maximum Gasteiger partial charge on any atom is 0.119 e. The molecular weight excluding hydrogens is 228 g/mol. The number of aliphatic hydroxyl groups excluding tert-OH is 1. The summed E-state index contributed by atoms with van der Waals surface area (Å²) in [5, 5.41) is 12.8. The molecule has 0 saturated carbocycles.